The molecule has 2 aliphatic heterocycles. The molecule has 2 saturated heterocycles. The van der Waals surface area contributed by atoms with E-state index in [2.05, 4.69) is 26.0 Å². The molecule has 0 aromatic carbocycles. The maximum Gasteiger partial charge on any atom is 0.276 e. The van der Waals surface area contributed by atoms with Crippen molar-refractivity contribution in [3.8, 4) is 0 Å². The molecule has 4 rings (SSSR count). The van der Waals surface area contributed by atoms with E-state index < -0.39 is 0 Å². The lowest BCUT2D eigenvalue weighted by Crippen LogP contribution is -2.48. The minimum absolute atomic E-state index is 0.0100. The Morgan fingerprint density at radius 3 is 2.93 bits per heavy atom. The third-order valence-electron chi connectivity index (χ3n) is 4.85. The molecule has 2 aliphatic rings. The first-order valence-electron chi connectivity index (χ1n) is 9.24. The molecular formula is C18H23N7O2. The normalized spacial score (nSPS) is 20.2. The summed E-state index contributed by atoms with van der Waals surface area (Å²) in [5, 5.41) is 13.4. The zero-order valence-electron chi connectivity index (χ0n) is 15.0. The monoisotopic (exact) mass is 369 g/mol. The Kier molecular flexibility index (Phi) is 5.01. The second-order valence-electron chi connectivity index (χ2n) is 6.81. The molecule has 2 fully saturated rings. The molecule has 1 atom stereocenters. The second-order valence-corrected chi connectivity index (χ2v) is 6.81. The highest BCUT2D eigenvalue weighted by Crippen LogP contribution is 2.17. The van der Waals surface area contributed by atoms with E-state index in [0.717, 1.165) is 38.3 Å². The highest BCUT2D eigenvalue weighted by Gasteiger charge is 2.19. The van der Waals surface area contributed by atoms with Gasteiger partial charge in [-0.05, 0) is 37.6 Å². The van der Waals surface area contributed by atoms with Crippen molar-refractivity contribution in [3.63, 3.8) is 0 Å². The summed E-state index contributed by atoms with van der Waals surface area (Å²) >= 11 is 0. The molecule has 2 aromatic heterocycles. The van der Waals surface area contributed by atoms with Gasteiger partial charge < -0.3 is 20.9 Å². The molecule has 0 aliphatic carbocycles. The second kappa shape index (κ2) is 7.75. The number of rotatable bonds is 4. The van der Waals surface area contributed by atoms with Gasteiger partial charge in [0.05, 0.1) is 24.5 Å². The van der Waals surface area contributed by atoms with Gasteiger partial charge >= 0.3 is 0 Å². The van der Waals surface area contributed by atoms with Gasteiger partial charge in [-0.1, -0.05) is 0 Å². The van der Waals surface area contributed by atoms with Gasteiger partial charge in [0, 0.05) is 25.8 Å². The molecular weight excluding hydrogens is 346 g/mol. The number of aromatic nitrogens is 3. The van der Waals surface area contributed by atoms with Crippen molar-refractivity contribution < 1.29 is 9.59 Å². The Balaban J connectivity index is 1.38. The summed E-state index contributed by atoms with van der Waals surface area (Å²) in [5.74, 6) is 0.450. The van der Waals surface area contributed by atoms with E-state index in [1.54, 1.807) is 24.4 Å². The SMILES string of the molecule is O=C1CN(c2ccc(NC(=O)c3ccn(C4CCCNC4)n3)cn2)CCN1. The van der Waals surface area contributed by atoms with Crippen LogP contribution in [0.2, 0.25) is 0 Å². The van der Waals surface area contributed by atoms with Crippen LogP contribution in [-0.4, -0.2) is 59.3 Å². The molecule has 2 aromatic rings. The smallest absolute Gasteiger partial charge is 0.276 e. The number of hydrogen-bond acceptors (Lipinski definition) is 6. The van der Waals surface area contributed by atoms with Gasteiger partial charge in [0.2, 0.25) is 5.91 Å². The van der Waals surface area contributed by atoms with Gasteiger partial charge in [0.1, 0.15) is 5.82 Å². The van der Waals surface area contributed by atoms with Crippen molar-refractivity contribution in [2.75, 3.05) is 42.9 Å². The Morgan fingerprint density at radius 2 is 2.19 bits per heavy atom. The average molecular weight is 369 g/mol. The molecule has 142 valence electrons. The topological polar surface area (TPSA) is 104 Å². The number of piperazine rings is 1. The van der Waals surface area contributed by atoms with Crippen molar-refractivity contribution in [1.29, 1.82) is 0 Å². The summed E-state index contributed by atoms with van der Waals surface area (Å²) in [6, 6.07) is 5.62. The number of amides is 2. The molecule has 1 unspecified atom stereocenters. The van der Waals surface area contributed by atoms with Gasteiger partial charge in [0.15, 0.2) is 5.69 Å². The van der Waals surface area contributed by atoms with Gasteiger partial charge in [-0.3, -0.25) is 14.3 Å². The van der Waals surface area contributed by atoms with Crippen LogP contribution in [0.1, 0.15) is 29.4 Å². The molecule has 9 heteroatoms. The fourth-order valence-corrected chi connectivity index (χ4v) is 3.40. The average Bonchev–Trinajstić information content (AvgIpc) is 3.20. The van der Waals surface area contributed by atoms with Crippen LogP contribution in [-0.2, 0) is 4.79 Å². The predicted molar refractivity (Wildman–Crippen MR) is 101 cm³/mol. The summed E-state index contributed by atoms with van der Waals surface area (Å²) in [4.78, 5) is 30.2. The van der Waals surface area contributed by atoms with Crippen LogP contribution in [0.5, 0.6) is 0 Å². The van der Waals surface area contributed by atoms with Gasteiger partial charge in [-0.15, -0.1) is 0 Å². The fourth-order valence-electron chi connectivity index (χ4n) is 3.40. The quantitative estimate of drug-likeness (QED) is 0.720. The first kappa shape index (κ1) is 17.5. The zero-order valence-corrected chi connectivity index (χ0v) is 15.0. The Labute approximate surface area is 157 Å². The lowest BCUT2D eigenvalue weighted by atomic mass is 10.1. The lowest BCUT2D eigenvalue weighted by Gasteiger charge is -2.27. The van der Waals surface area contributed by atoms with Gasteiger partial charge in [-0.25, -0.2) is 4.98 Å². The van der Waals surface area contributed by atoms with E-state index in [0.29, 0.717) is 30.5 Å². The van der Waals surface area contributed by atoms with Crippen LogP contribution in [0.25, 0.3) is 0 Å². The summed E-state index contributed by atoms with van der Waals surface area (Å²) < 4.78 is 1.86. The number of nitrogens with zero attached hydrogens (tertiary/aromatic N) is 4. The first-order chi connectivity index (χ1) is 13.2. The molecule has 4 heterocycles. The molecule has 3 N–H and O–H groups in total. The third kappa shape index (κ3) is 4.08. The number of carbonyl (C=O) groups is 2. The fraction of sp³-hybridized carbons (Fsp3) is 0.444. The lowest BCUT2D eigenvalue weighted by molar-refractivity contribution is -0.120. The van der Waals surface area contributed by atoms with E-state index in [-0.39, 0.29) is 11.8 Å². The van der Waals surface area contributed by atoms with Crippen LogP contribution in [0.4, 0.5) is 11.5 Å². The molecule has 27 heavy (non-hydrogen) atoms. The molecule has 0 saturated carbocycles. The van der Waals surface area contributed by atoms with Crippen molar-refractivity contribution in [1.82, 2.24) is 25.4 Å². The zero-order chi connectivity index (χ0) is 18.6. The van der Waals surface area contributed by atoms with Crippen molar-refractivity contribution in [2.45, 2.75) is 18.9 Å². The van der Waals surface area contributed by atoms with Crippen molar-refractivity contribution in [3.05, 3.63) is 36.3 Å². The highest BCUT2D eigenvalue weighted by molar-refractivity contribution is 6.02. The van der Waals surface area contributed by atoms with Crippen LogP contribution in [0, 0.1) is 0 Å². The minimum Gasteiger partial charge on any atom is -0.353 e. The molecule has 0 bridgehead atoms. The number of anilines is 2. The van der Waals surface area contributed by atoms with E-state index in [4.69, 9.17) is 0 Å². The predicted octanol–water partition coefficient (Wildman–Crippen LogP) is 0.391. The standard InChI is InChI=1S/C18H23N7O2/c26-17-12-24(9-7-20-17)16-4-3-13(10-21-16)22-18(27)15-5-8-25(23-15)14-2-1-6-19-11-14/h3-5,8,10,14,19H,1-2,6-7,9,11-12H2,(H,20,26)(H,22,27). The molecule has 0 spiro atoms. The maximum absolute atomic E-state index is 12.4. The van der Waals surface area contributed by atoms with Crippen molar-refractivity contribution >= 4 is 23.3 Å². The minimum atomic E-state index is -0.260. The van der Waals surface area contributed by atoms with Crippen LogP contribution >= 0.6 is 0 Å². The Morgan fingerprint density at radius 1 is 1.26 bits per heavy atom. The Bertz CT molecular complexity index is 811. The number of pyridine rings is 1. The van der Waals surface area contributed by atoms with E-state index >= 15 is 0 Å². The van der Waals surface area contributed by atoms with Crippen molar-refractivity contribution in [2.24, 2.45) is 0 Å². The van der Waals surface area contributed by atoms with Crippen LogP contribution in [0.15, 0.2) is 30.6 Å². The Hall–Kier alpha value is -2.94. The summed E-state index contributed by atoms with van der Waals surface area (Å²) in [5.41, 5.74) is 0.983. The first-order valence-corrected chi connectivity index (χ1v) is 9.24. The summed E-state index contributed by atoms with van der Waals surface area (Å²) in [6.07, 6.45) is 5.63. The molecule has 0 radical (unpaired) electrons. The van der Waals surface area contributed by atoms with E-state index in [1.807, 2.05) is 15.8 Å². The molecule has 9 nitrogen and oxygen atoms in total. The van der Waals surface area contributed by atoms with E-state index in [9.17, 15) is 9.59 Å². The number of hydrogen-bond donors (Lipinski definition) is 3. The number of piperidine rings is 1. The van der Waals surface area contributed by atoms with Gasteiger partial charge in [-0.2, -0.15) is 5.10 Å². The maximum atomic E-state index is 12.4. The van der Waals surface area contributed by atoms with E-state index in [1.165, 1.54) is 0 Å². The van der Waals surface area contributed by atoms with Crippen LogP contribution in [0.3, 0.4) is 0 Å². The largest absolute Gasteiger partial charge is 0.353 e. The number of nitrogens with one attached hydrogen (secondary N) is 3. The molecule has 2 amide bonds. The van der Waals surface area contributed by atoms with Gasteiger partial charge in [0.25, 0.3) is 5.91 Å². The summed E-state index contributed by atoms with van der Waals surface area (Å²) in [6.45, 7) is 3.54. The summed E-state index contributed by atoms with van der Waals surface area (Å²) in [7, 11) is 0. The number of carbonyl (C=O) groups excluding carboxylic acids is 2. The third-order valence-corrected chi connectivity index (χ3v) is 4.85. The highest BCUT2D eigenvalue weighted by atomic mass is 16.2. The van der Waals surface area contributed by atoms with Crippen LogP contribution < -0.4 is 20.9 Å².